The highest BCUT2D eigenvalue weighted by atomic mass is 14.7. The maximum Gasteiger partial charge on any atom is 0.0631 e. The van der Waals surface area contributed by atoms with Crippen LogP contribution in [-0.4, -0.2) is 12.4 Å². The second kappa shape index (κ2) is 22.0. The van der Waals surface area contributed by atoms with Gasteiger partial charge in [0.1, 0.15) is 0 Å². The van der Waals surface area contributed by atoms with Gasteiger partial charge in [0.05, 0.1) is 11.4 Å². The molecule has 1 aliphatic carbocycles. The lowest BCUT2D eigenvalue weighted by Crippen LogP contribution is -2.26. The molecule has 266 valence electrons. The molecule has 0 spiro atoms. The lowest BCUT2D eigenvalue weighted by atomic mass is 9.70. The van der Waals surface area contributed by atoms with Gasteiger partial charge in [-0.1, -0.05) is 178 Å². The van der Waals surface area contributed by atoms with Crippen LogP contribution in [0.2, 0.25) is 0 Å². The van der Waals surface area contributed by atoms with E-state index >= 15 is 0 Å². The summed E-state index contributed by atoms with van der Waals surface area (Å²) in [5.74, 6) is 0. The molecule has 0 unspecified atom stereocenters. The van der Waals surface area contributed by atoms with Crippen molar-refractivity contribution in [2.75, 3.05) is 0 Å². The van der Waals surface area contributed by atoms with Crippen LogP contribution in [0.15, 0.2) is 70.6 Å². The molecule has 2 heteroatoms. The van der Waals surface area contributed by atoms with E-state index in [2.05, 4.69) is 80.5 Å². The number of hydrogen-bond acceptors (Lipinski definition) is 2. The van der Waals surface area contributed by atoms with Crippen LogP contribution >= 0.6 is 0 Å². The molecule has 0 N–H and O–H groups in total. The van der Waals surface area contributed by atoms with Gasteiger partial charge >= 0.3 is 0 Å². The van der Waals surface area contributed by atoms with Gasteiger partial charge in [-0.05, 0) is 84.8 Å². The molecule has 2 nitrogen and oxygen atoms in total. The molecule has 4 rings (SSSR count). The molecule has 1 aliphatic rings. The Bertz CT molecular complexity index is 1390. The number of rotatable bonds is 25. The van der Waals surface area contributed by atoms with E-state index in [9.17, 15) is 0 Å². The number of fused-ring (bicyclic) bond motifs is 3. The average molecular weight is 661 g/mol. The van der Waals surface area contributed by atoms with Gasteiger partial charge in [-0.3, -0.25) is 9.98 Å². The van der Waals surface area contributed by atoms with Gasteiger partial charge in [0.25, 0.3) is 0 Å². The lowest BCUT2D eigenvalue weighted by molar-refractivity contribution is 0.396. The molecule has 0 atom stereocenters. The molecular weight excluding hydrogens is 593 g/mol. The lowest BCUT2D eigenvalue weighted by Gasteiger charge is -2.33. The van der Waals surface area contributed by atoms with Gasteiger partial charge in [-0.2, -0.15) is 0 Å². The Kier molecular flexibility index (Phi) is 17.4. The highest BCUT2D eigenvalue weighted by molar-refractivity contribution is 5.88. The summed E-state index contributed by atoms with van der Waals surface area (Å²) >= 11 is 0. The SMILES string of the molecule is C/C=N/c1ccc(/N=C/c2ccc3c(c2)C(CCCCCCCCCCCC)(CCCCCCCCCCCC)c2cc(C)ccc2-3)cc1. The molecule has 0 bridgehead atoms. The molecule has 0 saturated carbocycles. The molecular formula is C47H68N2. The minimum atomic E-state index is 0.0979. The van der Waals surface area contributed by atoms with Crippen LogP contribution in [0.5, 0.6) is 0 Å². The number of benzene rings is 3. The first-order chi connectivity index (χ1) is 24.1. The Morgan fingerprint density at radius 2 is 0.918 bits per heavy atom. The van der Waals surface area contributed by atoms with Gasteiger partial charge in [0.15, 0.2) is 0 Å². The summed E-state index contributed by atoms with van der Waals surface area (Å²) in [5.41, 5.74) is 10.7. The Balaban J connectivity index is 1.49. The van der Waals surface area contributed by atoms with Crippen LogP contribution in [0.25, 0.3) is 11.1 Å². The fourth-order valence-corrected chi connectivity index (χ4v) is 8.12. The number of aliphatic imine (C=N–C) groups is 2. The van der Waals surface area contributed by atoms with Crippen molar-refractivity contribution in [3.05, 3.63) is 82.9 Å². The normalized spacial score (nSPS) is 13.5. The van der Waals surface area contributed by atoms with E-state index in [1.54, 1.807) is 11.1 Å². The van der Waals surface area contributed by atoms with Crippen LogP contribution in [0.1, 0.15) is 184 Å². The highest BCUT2D eigenvalue weighted by Crippen LogP contribution is 2.54. The van der Waals surface area contributed by atoms with Gasteiger partial charge in [-0.25, -0.2) is 0 Å². The van der Waals surface area contributed by atoms with Crippen LogP contribution < -0.4 is 0 Å². The summed E-state index contributed by atoms with van der Waals surface area (Å²) in [7, 11) is 0. The van der Waals surface area contributed by atoms with Crippen LogP contribution in [0.3, 0.4) is 0 Å². The maximum atomic E-state index is 4.89. The molecule has 49 heavy (non-hydrogen) atoms. The van der Waals surface area contributed by atoms with E-state index in [0.717, 1.165) is 11.4 Å². The van der Waals surface area contributed by atoms with Crippen molar-refractivity contribution in [1.82, 2.24) is 0 Å². The monoisotopic (exact) mass is 661 g/mol. The average Bonchev–Trinajstić information content (AvgIpc) is 3.37. The third kappa shape index (κ3) is 12.1. The Hall–Kier alpha value is -3.00. The third-order valence-electron chi connectivity index (χ3n) is 10.9. The van der Waals surface area contributed by atoms with Crippen molar-refractivity contribution in [2.45, 2.75) is 174 Å². The molecule has 0 fully saturated rings. The van der Waals surface area contributed by atoms with Crippen molar-refractivity contribution in [3.8, 4) is 11.1 Å². The van der Waals surface area contributed by atoms with E-state index in [1.807, 2.05) is 25.3 Å². The Labute approximate surface area is 301 Å². The van der Waals surface area contributed by atoms with Gasteiger partial charge < -0.3 is 0 Å². The zero-order chi connectivity index (χ0) is 34.6. The Morgan fingerprint density at radius 3 is 1.41 bits per heavy atom. The largest absolute Gasteiger partial charge is 0.262 e. The van der Waals surface area contributed by atoms with E-state index in [-0.39, 0.29) is 5.41 Å². The molecule has 0 radical (unpaired) electrons. The number of hydrogen-bond donors (Lipinski definition) is 0. The summed E-state index contributed by atoms with van der Waals surface area (Å²) in [6.45, 7) is 8.85. The van der Waals surface area contributed by atoms with Gasteiger partial charge in [-0.15, -0.1) is 0 Å². The van der Waals surface area contributed by atoms with Crippen molar-refractivity contribution < 1.29 is 0 Å². The topological polar surface area (TPSA) is 24.7 Å². The number of aryl methyl sites for hydroxylation is 1. The first kappa shape index (κ1) is 38.8. The molecule has 0 aliphatic heterocycles. The molecule has 3 aromatic carbocycles. The van der Waals surface area contributed by atoms with Crippen molar-refractivity contribution in [2.24, 2.45) is 9.98 Å². The first-order valence-electron chi connectivity index (χ1n) is 20.5. The first-order valence-corrected chi connectivity index (χ1v) is 20.5. The van der Waals surface area contributed by atoms with Crippen molar-refractivity contribution in [1.29, 1.82) is 0 Å². The third-order valence-corrected chi connectivity index (χ3v) is 10.9. The predicted octanol–water partition coefficient (Wildman–Crippen LogP) is 15.4. The fourth-order valence-electron chi connectivity index (χ4n) is 8.12. The number of unbranched alkanes of at least 4 members (excludes halogenated alkanes) is 18. The Morgan fingerprint density at radius 1 is 0.490 bits per heavy atom. The summed E-state index contributed by atoms with van der Waals surface area (Å²) in [6, 6.07) is 22.6. The zero-order valence-corrected chi connectivity index (χ0v) is 31.9. The van der Waals surface area contributed by atoms with E-state index in [0.29, 0.717) is 0 Å². The zero-order valence-electron chi connectivity index (χ0n) is 31.9. The summed E-state index contributed by atoms with van der Waals surface area (Å²) in [4.78, 5) is 9.28. The molecule has 0 saturated heterocycles. The van der Waals surface area contributed by atoms with Crippen LogP contribution in [-0.2, 0) is 5.41 Å². The molecule has 0 heterocycles. The minimum absolute atomic E-state index is 0.0979. The van der Waals surface area contributed by atoms with Crippen molar-refractivity contribution >= 4 is 23.8 Å². The minimum Gasteiger partial charge on any atom is -0.262 e. The maximum absolute atomic E-state index is 4.89. The summed E-state index contributed by atoms with van der Waals surface area (Å²) < 4.78 is 0. The van der Waals surface area contributed by atoms with Crippen molar-refractivity contribution in [3.63, 3.8) is 0 Å². The second-order valence-electron chi connectivity index (χ2n) is 15.0. The molecule has 0 amide bonds. The smallest absolute Gasteiger partial charge is 0.0631 e. The number of nitrogens with zero attached hydrogens (tertiary/aromatic N) is 2. The fraction of sp³-hybridized carbons (Fsp3) is 0.574. The quantitative estimate of drug-likeness (QED) is 0.0638. The van der Waals surface area contributed by atoms with E-state index < -0.39 is 0 Å². The second-order valence-corrected chi connectivity index (χ2v) is 15.0. The summed E-state index contributed by atoms with van der Waals surface area (Å²) in [6.07, 6.45) is 34.1. The van der Waals surface area contributed by atoms with Gasteiger partial charge in [0, 0.05) is 17.8 Å². The standard InChI is InChI=1S/C47H68N2/c1-5-8-10-12-14-16-18-20-22-24-34-47(35-25-23-21-19-17-15-13-11-9-6-2)45-36-39(4)26-32-43(45)44-33-27-40(37-46(44)47)38-49-42-30-28-41(29-31-42)48-7-3/h7,26-33,36-38H,5-6,8-25,34-35H2,1-4H3/b48-7+,49-38+. The predicted molar refractivity (Wildman–Crippen MR) is 218 cm³/mol. The van der Waals surface area contributed by atoms with Gasteiger partial charge in [0.2, 0.25) is 0 Å². The molecule has 0 aromatic heterocycles. The highest BCUT2D eigenvalue weighted by Gasteiger charge is 2.42. The molecule has 3 aromatic rings. The van der Waals surface area contributed by atoms with Crippen LogP contribution in [0, 0.1) is 6.92 Å². The van der Waals surface area contributed by atoms with E-state index in [4.69, 9.17) is 4.99 Å². The van der Waals surface area contributed by atoms with E-state index in [1.165, 1.54) is 164 Å². The summed E-state index contributed by atoms with van der Waals surface area (Å²) in [5, 5.41) is 0. The van der Waals surface area contributed by atoms with Crippen LogP contribution in [0.4, 0.5) is 11.4 Å².